The first-order valence-electron chi connectivity index (χ1n) is 13.5. The molecule has 3 N–H and O–H groups in total. The number of aliphatic hydroxyl groups is 2. The van der Waals surface area contributed by atoms with Gasteiger partial charge in [0.15, 0.2) is 11.2 Å². The van der Waals surface area contributed by atoms with Gasteiger partial charge in [-0.2, -0.15) is 0 Å². The minimum Gasteiger partial charge on any atom is -0.593 e. The minimum atomic E-state index is -1.58. The van der Waals surface area contributed by atoms with E-state index in [9.17, 15) is 19.6 Å². The highest BCUT2D eigenvalue weighted by Gasteiger charge is 2.44. The minimum absolute atomic E-state index is 0.00974. The molecule has 6 atom stereocenters. The third-order valence-electron chi connectivity index (χ3n) is 7.20. The van der Waals surface area contributed by atoms with Gasteiger partial charge >= 0.3 is 6.09 Å². The van der Waals surface area contributed by atoms with E-state index >= 15 is 0 Å². The van der Waals surface area contributed by atoms with Crippen LogP contribution in [0.5, 0.6) is 0 Å². The van der Waals surface area contributed by atoms with Crippen molar-refractivity contribution in [2.75, 3.05) is 26.3 Å². The van der Waals surface area contributed by atoms with Crippen LogP contribution in [-0.4, -0.2) is 76.0 Å². The smallest absolute Gasteiger partial charge is 0.407 e. The molecule has 0 aliphatic carbocycles. The molecule has 39 heavy (non-hydrogen) atoms. The summed E-state index contributed by atoms with van der Waals surface area (Å²) in [7, 11) is 0. The van der Waals surface area contributed by atoms with Crippen molar-refractivity contribution >= 4 is 17.5 Å². The van der Waals surface area contributed by atoms with Crippen molar-refractivity contribution in [1.29, 1.82) is 0 Å². The van der Waals surface area contributed by atoms with Crippen LogP contribution in [0.25, 0.3) is 0 Å². The molecular weight excluding hydrogens is 520 g/mol. The van der Waals surface area contributed by atoms with Crippen LogP contribution in [-0.2, 0) is 38.6 Å². The second-order valence-electron chi connectivity index (χ2n) is 10.7. The van der Waals surface area contributed by atoms with Crippen LogP contribution in [0.3, 0.4) is 0 Å². The molecule has 0 bridgehead atoms. The molecule has 0 aromatic heterocycles. The number of carbonyl (C=O) groups excluding carboxylic acids is 1. The molecule has 9 nitrogen and oxygen atoms in total. The molecule has 1 amide bonds. The lowest BCUT2D eigenvalue weighted by molar-refractivity contribution is -0.0907. The summed E-state index contributed by atoms with van der Waals surface area (Å²) in [6.45, 7) is 7.18. The Kier molecular flexibility index (Phi) is 10.6. The molecule has 2 aliphatic heterocycles. The van der Waals surface area contributed by atoms with Gasteiger partial charge in [-0.25, -0.2) is 4.79 Å². The Bertz CT molecular complexity index is 1070. The highest BCUT2D eigenvalue weighted by Crippen LogP contribution is 2.33. The van der Waals surface area contributed by atoms with Gasteiger partial charge in [-0.15, -0.1) is 4.31 Å². The van der Waals surface area contributed by atoms with Crippen molar-refractivity contribution < 1.29 is 33.8 Å². The number of ether oxygens (including phenoxy) is 3. The van der Waals surface area contributed by atoms with Crippen LogP contribution < -0.4 is 5.32 Å². The number of fused-ring (bicyclic) bond motifs is 1. The van der Waals surface area contributed by atoms with Crippen molar-refractivity contribution in [3.63, 3.8) is 0 Å². The largest absolute Gasteiger partial charge is 0.593 e. The lowest BCUT2D eigenvalue weighted by atomic mass is 10.0. The number of aliphatic hydroxyl groups excluding tert-OH is 2. The zero-order chi connectivity index (χ0) is 27.9. The van der Waals surface area contributed by atoms with Gasteiger partial charge in [0.25, 0.3) is 0 Å². The number of benzene rings is 2. The zero-order valence-corrected chi connectivity index (χ0v) is 23.6. The van der Waals surface area contributed by atoms with E-state index < -0.39 is 35.7 Å². The van der Waals surface area contributed by atoms with Crippen LogP contribution in [0, 0.1) is 18.8 Å². The van der Waals surface area contributed by atoms with Crippen LogP contribution >= 0.6 is 0 Å². The van der Waals surface area contributed by atoms with E-state index in [2.05, 4.69) is 5.32 Å². The Hall–Kier alpha value is -2.18. The molecule has 10 heteroatoms. The fourth-order valence-electron chi connectivity index (χ4n) is 5.05. The maximum atomic E-state index is 13.6. The van der Waals surface area contributed by atoms with Crippen molar-refractivity contribution in [3.05, 3.63) is 65.2 Å². The van der Waals surface area contributed by atoms with E-state index in [4.69, 9.17) is 14.2 Å². The Morgan fingerprint density at radius 1 is 1.21 bits per heavy atom. The van der Waals surface area contributed by atoms with Gasteiger partial charge in [0, 0.05) is 12.6 Å². The van der Waals surface area contributed by atoms with Crippen molar-refractivity contribution in [1.82, 2.24) is 9.62 Å². The van der Waals surface area contributed by atoms with E-state index in [1.54, 1.807) is 16.4 Å². The summed E-state index contributed by atoms with van der Waals surface area (Å²) in [5.41, 5.74) is 2.57. The fraction of sp³-hybridized carbons (Fsp3) is 0.552. The monoisotopic (exact) mass is 560 g/mol. The summed E-state index contributed by atoms with van der Waals surface area (Å²) in [6.07, 6.45) is -1.26. The molecule has 4 rings (SSSR count). The number of hydrogen-bond acceptors (Lipinski definition) is 8. The van der Waals surface area contributed by atoms with Crippen molar-refractivity contribution in [2.24, 2.45) is 11.8 Å². The topological polar surface area (TPSA) is 124 Å². The molecule has 214 valence electrons. The van der Waals surface area contributed by atoms with Gasteiger partial charge in [0.1, 0.15) is 6.10 Å². The second kappa shape index (κ2) is 13.9. The highest BCUT2D eigenvalue weighted by molar-refractivity contribution is 7.89. The summed E-state index contributed by atoms with van der Waals surface area (Å²) in [4.78, 5) is 13.5. The maximum Gasteiger partial charge on any atom is 0.407 e. The van der Waals surface area contributed by atoms with Crippen molar-refractivity contribution in [2.45, 2.75) is 69.7 Å². The number of alkyl carbamates (subject to hydrolysis) is 1. The summed E-state index contributed by atoms with van der Waals surface area (Å²) >= 11 is -1.58. The number of aryl methyl sites for hydroxylation is 1. The molecule has 1 unspecified atom stereocenters. The summed E-state index contributed by atoms with van der Waals surface area (Å²) < 4.78 is 32.2. The Balaban J connectivity index is 1.48. The first-order chi connectivity index (χ1) is 18.7. The lowest BCUT2D eigenvalue weighted by Gasteiger charge is -2.31. The Morgan fingerprint density at radius 2 is 1.97 bits per heavy atom. The molecule has 0 spiro atoms. The van der Waals surface area contributed by atoms with Crippen LogP contribution in [0.2, 0.25) is 0 Å². The van der Waals surface area contributed by atoms with E-state index in [-0.39, 0.29) is 37.9 Å². The SMILES string of the molecule is Cc1ccc([S+]([O-])N(CC(C)C)C[C@@H](O)[C@H](Cc2ccccc2)NC(=O)O[C@H]2CO[C@H]3OCC[C@H]32)cc1CO. The molecule has 2 fully saturated rings. The predicted octanol–water partition coefficient (Wildman–Crippen LogP) is 2.93. The third kappa shape index (κ3) is 7.94. The molecule has 2 aromatic rings. The lowest BCUT2D eigenvalue weighted by Crippen LogP contribution is -2.51. The molecule has 0 radical (unpaired) electrons. The zero-order valence-electron chi connectivity index (χ0n) is 22.8. The van der Waals surface area contributed by atoms with Gasteiger partial charge in [0.05, 0.1) is 55.8 Å². The molecule has 2 saturated heterocycles. The summed E-state index contributed by atoms with van der Waals surface area (Å²) in [6, 6.07) is 14.3. The number of nitrogens with zero attached hydrogens (tertiary/aromatic N) is 1. The first kappa shape index (κ1) is 29.8. The van der Waals surface area contributed by atoms with Crippen LogP contribution in [0.4, 0.5) is 4.79 Å². The highest BCUT2D eigenvalue weighted by atomic mass is 32.2. The average Bonchev–Trinajstić information content (AvgIpc) is 3.53. The van der Waals surface area contributed by atoms with Gasteiger partial charge in [0.2, 0.25) is 0 Å². The Labute approximate surface area is 233 Å². The summed E-state index contributed by atoms with van der Waals surface area (Å²) in [5, 5.41) is 24.0. The quantitative estimate of drug-likeness (QED) is 0.339. The molecular formula is C29H40N2O7S. The van der Waals surface area contributed by atoms with E-state index in [0.717, 1.165) is 17.5 Å². The third-order valence-corrected chi connectivity index (χ3v) is 8.62. The van der Waals surface area contributed by atoms with Gasteiger partial charge in [-0.1, -0.05) is 50.2 Å². The maximum absolute atomic E-state index is 13.6. The second-order valence-corrected chi connectivity index (χ2v) is 12.2. The number of hydrogen-bond donors (Lipinski definition) is 3. The number of carbonyl (C=O) groups is 1. The predicted molar refractivity (Wildman–Crippen MR) is 147 cm³/mol. The van der Waals surface area contributed by atoms with Crippen LogP contribution in [0.15, 0.2) is 53.4 Å². The average molecular weight is 561 g/mol. The number of rotatable bonds is 12. The molecule has 0 saturated carbocycles. The van der Waals surface area contributed by atoms with E-state index in [0.29, 0.717) is 30.0 Å². The van der Waals surface area contributed by atoms with Crippen LogP contribution in [0.1, 0.15) is 37.0 Å². The van der Waals surface area contributed by atoms with Gasteiger partial charge in [-0.3, -0.25) is 0 Å². The van der Waals surface area contributed by atoms with Gasteiger partial charge < -0.3 is 34.3 Å². The van der Waals surface area contributed by atoms with Gasteiger partial charge in [-0.05, 0) is 48.4 Å². The first-order valence-corrected chi connectivity index (χ1v) is 14.7. The molecule has 2 heterocycles. The summed E-state index contributed by atoms with van der Waals surface area (Å²) in [5.74, 6) is 0.189. The van der Waals surface area contributed by atoms with E-state index in [1.807, 2.05) is 57.2 Å². The van der Waals surface area contributed by atoms with Crippen molar-refractivity contribution in [3.8, 4) is 0 Å². The molecule has 2 aromatic carbocycles. The Morgan fingerprint density at radius 3 is 2.69 bits per heavy atom. The normalized spacial score (nSPS) is 23.0. The molecule has 2 aliphatic rings. The number of amides is 1. The fourth-order valence-corrected chi connectivity index (χ4v) is 6.50. The standard InChI is InChI=1S/C29H40N2O7S/c1-19(2)15-31(39(35)23-10-9-20(3)22(14-23)17-32)16-26(33)25(13-21-7-5-4-6-8-21)30-29(34)38-27-18-37-28-24(27)11-12-36-28/h4-10,14,19,24-28,32-33H,11-13,15-18H2,1-3H3,(H,30,34)/t24-,25-,26+,27-,28+,39?/m0/s1. The van der Waals surface area contributed by atoms with E-state index in [1.165, 1.54) is 0 Å². The number of nitrogens with one attached hydrogen (secondary N) is 1.